The number of rotatable bonds is 7. The van der Waals surface area contributed by atoms with Crippen molar-refractivity contribution in [3.63, 3.8) is 0 Å². The number of benzene rings is 1. The molecule has 0 aliphatic rings. The number of aryl methyl sites for hydroxylation is 1. The zero-order valence-corrected chi connectivity index (χ0v) is 18.2. The number of aliphatic hydroxyl groups is 1. The van der Waals surface area contributed by atoms with Crippen LogP contribution in [0.3, 0.4) is 0 Å². The lowest BCUT2D eigenvalue weighted by atomic mass is 10.0. The van der Waals surface area contributed by atoms with Crippen molar-refractivity contribution < 1.29 is 32.6 Å². The molecule has 0 saturated heterocycles. The number of hydrogen-bond acceptors (Lipinski definition) is 6. The van der Waals surface area contributed by atoms with Gasteiger partial charge in [0, 0.05) is 24.5 Å². The van der Waals surface area contributed by atoms with E-state index in [0.29, 0.717) is 16.6 Å². The third-order valence-corrected chi connectivity index (χ3v) is 4.80. The van der Waals surface area contributed by atoms with Gasteiger partial charge in [-0.25, -0.2) is 9.78 Å². The second-order valence-electron chi connectivity index (χ2n) is 7.98. The molecule has 0 aliphatic heterocycles. The van der Waals surface area contributed by atoms with Crippen LogP contribution in [-0.2, 0) is 16.9 Å². The summed E-state index contributed by atoms with van der Waals surface area (Å²) < 4.78 is 43.4. The maximum absolute atomic E-state index is 12.8. The SMILES string of the molecule is COC(=O)c1cc2nn(CCCC(F)(F)F)cc2cc1NC(=O)c1cccc(C(C)(C)O)n1. The van der Waals surface area contributed by atoms with Crippen LogP contribution in [0.25, 0.3) is 10.9 Å². The quantitative estimate of drug-likeness (QED) is 0.511. The van der Waals surface area contributed by atoms with Crippen LogP contribution < -0.4 is 5.32 Å². The fourth-order valence-electron chi connectivity index (χ4n) is 3.15. The summed E-state index contributed by atoms with van der Waals surface area (Å²) in [4.78, 5) is 29.3. The topological polar surface area (TPSA) is 106 Å². The van der Waals surface area contributed by atoms with Gasteiger partial charge in [0.2, 0.25) is 0 Å². The Morgan fingerprint density at radius 2 is 1.94 bits per heavy atom. The van der Waals surface area contributed by atoms with E-state index in [1.54, 1.807) is 12.1 Å². The Morgan fingerprint density at radius 3 is 2.58 bits per heavy atom. The number of aromatic nitrogens is 3. The molecule has 0 unspecified atom stereocenters. The number of methoxy groups -OCH3 is 1. The van der Waals surface area contributed by atoms with E-state index in [-0.39, 0.29) is 29.9 Å². The summed E-state index contributed by atoms with van der Waals surface area (Å²) in [6.45, 7) is 3.11. The van der Waals surface area contributed by atoms with E-state index in [0.717, 1.165) is 0 Å². The molecule has 3 aromatic rings. The molecule has 11 heteroatoms. The number of nitrogens with zero attached hydrogens (tertiary/aromatic N) is 3. The highest BCUT2D eigenvalue weighted by atomic mass is 19.4. The minimum absolute atomic E-state index is 0.0217. The molecule has 0 bridgehead atoms. The van der Waals surface area contributed by atoms with E-state index < -0.39 is 30.1 Å². The highest BCUT2D eigenvalue weighted by Crippen LogP contribution is 2.26. The van der Waals surface area contributed by atoms with Crippen molar-refractivity contribution in [3.8, 4) is 0 Å². The number of amides is 1. The second kappa shape index (κ2) is 9.18. The molecule has 2 aromatic heterocycles. The number of anilines is 1. The normalized spacial score (nSPS) is 12.1. The monoisotopic (exact) mass is 464 g/mol. The number of ether oxygens (including phenoxy) is 1. The number of fused-ring (bicyclic) bond motifs is 1. The Morgan fingerprint density at radius 1 is 1.21 bits per heavy atom. The van der Waals surface area contributed by atoms with Gasteiger partial charge in [-0.05, 0) is 44.5 Å². The standard InChI is InChI=1S/C22H23F3N4O4/c1-21(2,32)18-7-4-6-15(26-18)19(30)27-17-10-13-12-29(9-5-8-22(23,24)25)28-16(13)11-14(17)20(31)33-3/h4,6-7,10-12,32H,5,8-9H2,1-3H3,(H,27,30). The maximum Gasteiger partial charge on any atom is 0.389 e. The van der Waals surface area contributed by atoms with E-state index >= 15 is 0 Å². The van der Waals surface area contributed by atoms with Gasteiger partial charge in [-0.3, -0.25) is 9.48 Å². The van der Waals surface area contributed by atoms with Crippen molar-refractivity contribution in [2.45, 2.75) is 45.0 Å². The molecule has 0 atom stereocenters. The fraction of sp³-hybridized carbons (Fsp3) is 0.364. The molecule has 2 heterocycles. The maximum atomic E-state index is 12.8. The predicted octanol–water partition coefficient (Wildman–Crippen LogP) is 4.04. The van der Waals surface area contributed by atoms with Crippen molar-refractivity contribution >= 4 is 28.5 Å². The average Bonchev–Trinajstić information content (AvgIpc) is 3.12. The van der Waals surface area contributed by atoms with Gasteiger partial charge in [0.05, 0.1) is 29.6 Å². The van der Waals surface area contributed by atoms with Crippen molar-refractivity contribution in [3.05, 3.63) is 53.5 Å². The first-order valence-electron chi connectivity index (χ1n) is 10.0. The number of halogens is 3. The molecule has 0 radical (unpaired) electrons. The number of alkyl halides is 3. The van der Waals surface area contributed by atoms with Gasteiger partial charge in [-0.1, -0.05) is 6.07 Å². The van der Waals surface area contributed by atoms with Crippen LogP contribution in [0.4, 0.5) is 18.9 Å². The van der Waals surface area contributed by atoms with E-state index in [9.17, 15) is 27.9 Å². The number of hydrogen-bond donors (Lipinski definition) is 2. The molecule has 1 aromatic carbocycles. The minimum atomic E-state index is -4.25. The Bertz CT molecular complexity index is 1180. The van der Waals surface area contributed by atoms with Crippen molar-refractivity contribution in [1.82, 2.24) is 14.8 Å². The first kappa shape index (κ1) is 24.2. The molecule has 0 saturated carbocycles. The van der Waals surface area contributed by atoms with Gasteiger partial charge in [-0.2, -0.15) is 18.3 Å². The van der Waals surface area contributed by atoms with Gasteiger partial charge in [0.1, 0.15) is 11.3 Å². The van der Waals surface area contributed by atoms with Gasteiger partial charge >= 0.3 is 12.1 Å². The number of pyridine rings is 1. The lowest BCUT2D eigenvalue weighted by Crippen LogP contribution is -2.21. The average molecular weight is 464 g/mol. The molecule has 0 aliphatic carbocycles. The smallest absolute Gasteiger partial charge is 0.389 e. The predicted molar refractivity (Wildman–Crippen MR) is 114 cm³/mol. The molecule has 3 rings (SSSR count). The summed E-state index contributed by atoms with van der Waals surface area (Å²) in [5.41, 5.74) is -0.426. The first-order chi connectivity index (χ1) is 15.4. The van der Waals surface area contributed by atoms with Crippen LogP contribution in [0.1, 0.15) is 53.2 Å². The van der Waals surface area contributed by atoms with E-state index in [4.69, 9.17) is 4.74 Å². The molecule has 0 spiro atoms. The number of carbonyl (C=O) groups is 2. The Kier molecular flexibility index (Phi) is 6.73. The Balaban J connectivity index is 1.90. The Hall–Kier alpha value is -3.47. The van der Waals surface area contributed by atoms with E-state index in [1.165, 1.54) is 50.0 Å². The zero-order valence-electron chi connectivity index (χ0n) is 18.2. The molecular formula is C22H23F3N4O4. The molecular weight excluding hydrogens is 441 g/mol. The van der Waals surface area contributed by atoms with Crippen LogP contribution in [0, 0.1) is 0 Å². The summed E-state index contributed by atoms with van der Waals surface area (Å²) in [6, 6.07) is 7.50. The van der Waals surface area contributed by atoms with Crippen LogP contribution in [0.5, 0.6) is 0 Å². The molecule has 176 valence electrons. The molecule has 0 fully saturated rings. The van der Waals surface area contributed by atoms with Gasteiger partial charge in [-0.15, -0.1) is 0 Å². The van der Waals surface area contributed by atoms with Crippen molar-refractivity contribution in [1.29, 1.82) is 0 Å². The van der Waals surface area contributed by atoms with Crippen LogP contribution in [0.15, 0.2) is 36.5 Å². The van der Waals surface area contributed by atoms with Gasteiger partial charge < -0.3 is 15.2 Å². The van der Waals surface area contributed by atoms with Crippen LogP contribution in [0.2, 0.25) is 0 Å². The Labute approximate surface area is 187 Å². The molecule has 2 N–H and O–H groups in total. The number of nitrogens with one attached hydrogen (secondary N) is 1. The largest absolute Gasteiger partial charge is 0.465 e. The fourth-order valence-corrected chi connectivity index (χ4v) is 3.15. The lowest BCUT2D eigenvalue weighted by molar-refractivity contribution is -0.136. The van der Waals surface area contributed by atoms with Gasteiger partial charge in [0.15, 0.2) is 0 Å². The zero-order chi connectivity index (χ0) is 24.4. The third-order valence-electron chi connectivity index (χ3n) is 4.80. The van der Waals surface area contributed by atoms with Crippen molar-refractivity contribution in [2.75, 3.05) is 12.4 Å². The summed E-state index contributed by atoms with van der Waals surface area (Å²) in [5, 5.41) is 17.5. The van der Waals surface area contributed by atoms with Crippen LogP contribution >= 0.6 is 0 Å². The van der Waals surface area contributed by atoms with Crippen LogP contribution in [-0.4, -0.2) is 45.0 Å². The summed E-state index contributed by atoms with van der Waals surface area (Å²) >= 11 is 0. The first-order valence-corrected chi connectivity index (χ1v) is 10.0. The molecule has 33 heavy (non-hydrogen) atoms. The molecule has 8 nitrogen and oxygen atoms in total. The summed E-state index contributed by atoms with van der Waals surface area (Å²) in [5.74, 6) is -1.35. The summed E-state index contributed by atoms with van der Waals surface area (Å²) in [7, 11) is 1.18. The number of esters is 1. The minimum Gasteiger partial charge on any atom is -0.465 e. The summed E-state index contributed by atoms with van der Waals surface area (Å²) in [6.07, 6.45) is -3.79. The highest BCUT2D eigenvalue weighted by molar-refractivity contribution is 6.09. The van der Waals surface area contributed by atoms with E-state index in [2.05, 4.69) is 15.4 Å². The second-order valence-corrected chi connectivity index (χ2v) is 7.98. The third kappa shape index (κ3) is 6.07. The highest BCUT2D eigenvalue weighted by Gasteiger charge is 2.26. The lowest BCUT2D eigenvalue weighted by Gasteiger charge is -2.17. The van der Waals surface area contributed by atoms with E-state index in [1.807, 2.05) is 0 Å². The molecule has 1 amide bonds. The van der Waals surface area contributed by atoms with Gasteiger partial charge in [0.25, 0.3) is 5.91 Å². The number of carbonyl (C=O) groups excluding carboxylic acids is 2. The van der Waals surface area contributed by atoms with Crippen molar-refractivity contribution in [2.24, 2.45) is 0 Å².